The Kier molecular flexibility index (Phi) is 6.98. The van der Waals surface area contributed by atoms with Crippen LogP contribution in [0.1, 0.15) is 0 Å². The molecule has 0 aliphatic heterocycles. The predicted octanol–water partition coefficient (Wildman–Crippen LogP) is 3.33. The number of rotatable bonds is 9. The van der Waals surface area contributed by atoms with Gasteiger partial charge < -0.3 is 13.3 Å². The second-order valence-corrected chi connectivity index (χ2v) is 4.51. The van der Waals surface area contributed by atoms with Gasteiger partial charge in [0.25, 0.3) is 0 Å². The predicted molar refractivity (Wildman–Crippen MR) is 43.3 cm³/mol. The number of halogens is 12. The van der Waals surface area contributed by atoms with E-state index in [0.717, 1.165) is 0 Å². The molecule has 0 aromatic rings. The van der Waals surface area contributed by atoms with Gasteiger partial charge in [0.2, 0.25) is 0 Å². The van der Waals surface area contributed by atoms with E-state index in [-0.39, 0.29) is 0 Å². The van der Waals surface area contributed by atoms with Crippen LogP contribution in [0.2, 0.25) is 0 Å². The largest absolute Gasteiger partial charge is 0.497 e. The van der Waals surface area contributed by atoms with E-state index < -0.39 is 47.1 Å². The third-order valence-corrected chi connectivity index (χ3v) is 3.04. The van der Waals surface area contributed by atoms with Crippen LogP contribution in [0.5, 0.6) is 0 Å². The summed E-state index contributed by atoms with van der Waals surface area (Å²) in [4.78, 5) is 0. The molecule has 0 amide bonds. The van der Waals surface area contributed by atoms with Crippen molar-refractivity contribution >= 4 is 9.53 Å². The highest BCUT2D eigenvalue weighted by Crippen LogP contribution is 2.33. The van der Waals surface area contributed by atoms with Crippen LogP contribution in [0, 0.1) is 0 Å². The molecule has 16 heteroatoms. The highest BCUT2D eigenvalue weighted by molar-refractivity contribution is 6.36. The first kappa shape index (κ1) is 21.3. The van der Waals surface area contributed by atoms with E-state index in [9.17, 15) is 52.7 Å². The van der Waals surface area contributed by atoms with Crippen molar-refractivity contribution in [3.05, 3.63) is 0 Å². The zero-order valence-electron chi connectivity index (χ0n) is 9.57. The van der Waals surface area contributed by atoms with Crippen molar-refractivity contribution in [3.63, 3.8) is 0 Å². The molecular formula is C6H4F12O3Si. The Hall–Kier alpha value is -0.743. The second-order valence-electron chi connectivity index (χ2n) is 3.23. The van der Waals surface area contributed by atoms with E-state index in [1.54, 1.807) is 0 Å². The summed E-state index contributed by atoms with van der Waals surface area (Å²) in [6.45, 7) is 0. The van der Waals surface area contributed by atoms with Crippen molar-refractivity contribution in [2.24, 2.45) is 0 Å². The molecule has 0 atom stereocenters. The van der Waals surface area contributed by atoms with Gasteiger partial charge in [-0.1, -0.05) is 0 Å². The Balaban J connectivity index is 5.25. The van der Waals surface area contributed by atoms with Gasteiger partial charge in [0.05, 0.1) is 0 Å². The smallest absolute Gasteiger partial charge is 0.311 e. The third kappa shape index (κ3) is 6.17. The van der Waals surface area contributed by atoms with Crippen LogP contribution in [-0.2, 0) is 13.3 Å². The molecule has 0 saturated carbocycles. The van der Waals surface area contributed by atoms with Crippen molar-refractivity contribution < 1.29 is 66.0 Å². The topological polar surface area (TPSA) is 27.7 Å². The SMILES string of the molecule is FC(F)C(F)(F)O[SiH](OC(F)(F)C(F)F)OC(F)(F)C(F)F. The second kappa shape index (κ2) is 7.22. The van der Waals surface area contributed by atoms with Crippen molar-refractivity contribution in [2.45, 2.75) is 37.6 Å². The van der Waals surface area contributed by atoms with Gasteiger partial charge in [0.15, 0.2) is 0 Å². The van der Waals surface area contributed by atoms with E-state index in [1.807, 2.05) is 0 Å². The quantitative estimate of drug-likeness (QED) is 0.454. The molecule has 0 saturated heterocycles. The minimum atomic E-state index is -5.97. The molecule has 22 heavy (non-hydrogen) atoms. The lowest BCUT2D eigenvalue weighted by atomic mass is 10.7. The van der Waals surface area contributed by atoms with Crippen LogP contribution in [0.3, 0.4) is 0 Å². The van der Waals surface area contributed by atoms with Crippen molar-refractivity contribution in [3.8, 4) is 0 Å². The first-order valence-electron chi connectivity index (χ1n) is 4.63. The minimum Gasteiger partial charge on any atom is -0.311 e. The van der Waals surface area contributed by atoms with Crippen molar-refractivity contribution in [2.75, 3.05) is 0 Å². The molecule has 0 aromatic carbocycles. The summed E-state index contributed by atoms with van der Waals surface area (Å²) in [7, 11) is -5.97. The van der Waals surface area contributed by atoms with Crippen LogP contribution in [0.4, 0.5) is 52.7 Å². The minimum absolute atomic E-state index is 2.66. The third-order valence-electron chi connectivity index (χ3n) is 1.52. The summed E-state index contributed by atoms with van der Waals surface area (Å²) in [6.07, 6.45) is -31.6. The highest BCUT2D eigenvalue weighted by atomic mass is 28.3. The Labute approximate surface area is 114 Å². The standard InChI is InChI=1S/C6H4F12O3Si/c7-1(8)4(13,14)19-22(20-5(15,16)2(9)10)21-6(17,18)3(11)12/h1-3,22H. The molecule has 134 valence electrons. The molecule has 0 rings (SSSR count). The monoisotopic (exact) mass is 380 g/mol. The average Bonchev–Trinajstić information content (AvgIpc) is 2.25. The van der Waals surface area contributed by atoms with Gasteiger partial charge in [-0.25, -0.2) is 26.3 Å². The van der Waals surface area contributed by atoms with Crippen molar-refractivity contribution in [1.29, 1.82) is 0 Å². The van der Waals surface area contributed by atoms with Gasteiger partial charge in [-0.2, -0.15) is 26.3 Å². The molecular weight excluding hydrogens is 376 g/mol. The first-order valence-corrected chi connectivity index (χ1v) is 6.04. The van der Waals surface area contributed by atoms with E-state index in [4.69, 9.17) is 0 Å². The summed E-state index contributed by atoms with van der Waals surface area (Å²) in [5, 5.41) is 0. The maximum atomic E-state index is 12.4. The Morgan fingerprint density at radius 3 is 0.818 bits per heavy atom. The van der Waals surface area contributed by atoms with Crippen LogP contribution < -0.4 is 0 Å². The number of hydrogen-bond acceptors (Lipinski definition) is 3. The zero-order chi connectivity index (χ0) is 17.9. The average molecular weight is 380 g/mol. The summed E-state index contributed by atoms with van der Waals surface area (Å²) >= 11 is 0. The molecule has 0 bridgehead atoms. The van der Waals surface area contributed by atoms with Crippen molar-refractivity contribution in [1.82, 2.24) is 0 Å². The van der Waals surface area contributed by atoms with E-state index in [2.05, 4.69) is 13.3 Å². The molecule has 0 aliphatic carbocycles. The Morgan fingerprint density at radius 1 is 0.500 bits per heavy atom. The molecule has 0 fully saturated rings. The van der Waals surface area contributed by atoms with Crippen LogP contribution in [-0.4, -0.2) is 47.1 Å². The van der Waals surface area contributed by atoms with Crippen LogP contribution in [0.15, 0.2) is 0 Å². The molecule has 0 spiro atoms. The fourth-order valence-corrected chi connectivity index (χ4v) is 1.83. The lowest BCUT2D eigenvalue weighted by molar-refractivity contribution is -0.331. The van der Waals surface area contributed by atoms with Gasteiger partial charge in [-0.05, 0) is 0 Å². The van der Waals surface area contributed by atoms with E-state index in [1.165, 1.54) is 0 Å². The van der Waals surface area contributed by atoms with Gasteiger partial charge in [0, 0.05) is 0 Å². The molecule has 0 aromatic heterocycles. The van der Waals surface area contributed by atoms with Gasteiger partial charge in [-0.15, -0.1) is 0 Å². The van der Waals surface area contributed by atoms with E-state index >= 15 is 0 Å². The lowest BCUT2D eigenvalue weighted by Crippen LogP contribution is -2.50. The molecule has 0 aliphatic rings. The van der Waals surface area contributed by atoms with Crippen LogP contribution >= 0.6 is 0 Å². The maximum Gasteiger partial charge on any atom is 0.497 e. The molecule has 3 nitrogen and oxygen atoms in total. The normalized spacial score (nSPS) is 14.7. The molecule has 0 unspecified atom stereocenters. The number of hydrogen-bond donors (Lipinski definition) is 0. The lowest BCUT2D eigenvalue weighted by Gasteiger charge is -2.28. The van der Waals surface area contributed by atoms with Crippen LogP contribution in [0.25, 0.3) is 0 Å². The van der Waals surface area contributed by atoms with E-state index in [0.29, 0.717) is 0 Å². The first-order chi connectivity index (χ1) is 9.62. The summed E-state index contributed by atoms with van der Waals surface area (Å²) in [6, 6.07) is 0. The molecule has 0 radical (unpaired) electrons. The molecule has 0 N–H and O–H groups in total. The highest BCUT2D eigenvalue weighted by Gasteiger charge is 2.56. The fraction of sp³-hybridized carbons (Fsp3) is 1.00. The molecule has 0 heterocycles. The summed E-state index contributed by atoms with van der Waals surface area (Å²) in [5.41, 5.74) is 0. The maximum absolute atomic E-state index is 12.4. The summed E-state index contributed by atoms with van der Waals surface area (Å²) in [5.74, 6) is 0. The van der Waals surface area contributed by atoms with Gasteiger partial charge in [-0.3, -0.25) is 0 Å². The Morgan fingerprint density at radius 2 is 0.682 bits per heavy atom. The Bertz CT molecular complexity index is 297. The number of alkyl halides is 12. The zero-order valence-corrected chi connectivity index (χ0v) is 10.7. The van der Waals surface area contributed by atoms with Gasteiger partial charge in [0.1, 0.15) is 0 Å². The fourth-order valence-electron chi connectivity index (χ4n) is 0.611. The summed E-state index contributed by atoms with van der Waals surface area (Å²) < 4.78 is 153. The van der Waals surface area contributed by atoms with Gasteiger partial charge >= 0.3 is 47.1 Å².